The molecule has 0 atom stereocenters. The van der Waals surface area contributed by atoms with E-state index < -0.39 is 0 Å². The molecule has 0 spiro atoms. The fraction of sp³-hybridized carbons (Fsp3) is 0. The van der Waals surface area contributed by atoms with Gasteiger partial charge in [0.05, 0.1) is 27.8 Å². The lowest BCUT2D eigenvalue weighted by atomic mass is 9.97. The van der Waals surface area contributed by atoms with Crippen molar-refractivity contribution in [3.05, 3.63) is 206 Å². The molecule has 0 aliphatic rings. The van der Waals surface area contributed by atoms with Crippen LogP contribution < -0.4 is 0 Å². The lowest BCUT2D eigenvalue weighted by Crippen LogP contribution is -1.94. The van der Waals surface area contributed by atoms with E-state index in [0.29, 0.717) is 5.65 Å². The largest absolute Gasteiger partial charge is 0.456 e. The molecule has 0 amide bonds. The number of hydrogen-bond acceptors (Lipinski definition) is 3. The fourth-order valence-electron chi connectivity index (χ4n) is 9.66. The van der Waals surface area contributed by atoms with E-state index in [2.05, 4.69) is 197 Å². The van der Waals surface area contributed by atoms with Gasteiger partial charge in [-0.3, -0.25) is 0 Å². The van der Waals surface area contributed by atoms with E-state index in [9.17, 15) is 0 Å². The van der Waals surface area contributed by atoms with Gasteiger partial charge in [0.15, 0.2) is 5.65 Å². The normalized spacial score (nSPS) is 11.9. The van der Waals surface area contributed by atoms with E-state index in [-0.39, 0.29) is 0 Å². The quantitative estimate of drug-likeness (QED) is 0.175. The molecule has 284 valence electrons. The van der Waals surface area contributed by atoms with Crippen LogP contribution in [0, 0.1) is 0 Å². The first kappa shape index (κ1) is 33.7. The van der Waals surface area contributed by atoms with Crippen LogP contribution >= 0.6 is 0 Å². The van der Waals surface area contributed by atoms with Gasteiger partial charge in [-0.1, -0.05) is 109 Å². The molecule has 5 heterocycles. The van der Waals surface area contributed by atoms with Crippen LogP contribution in [-0.2, 0) is 0 Å². The third kappa shape index (κ3) is 5.14. The minimum atomic E-state index is 0.716. The highest BCUT2D eigenvalue weighted by Gasteiger charge is 2.20. The molecule has 8 aromatic carbocycles. The first-order valence-corrected chi connectivity index (χ1v) is 20.6. The Morgan fingerprint density at radius 2 is 0.984 bits per heavy atom. The van der Waals surface area contributed by atoms with Crippen molar-refractivity contribution in [2.75, 3.05) is 0 Å². The molecular weight excluding hydrogens is 745 g/mol. The molecule has 0 N–H and O–H groups in total. The molecule has 0 aliphatic carbocycles. The molecule has 13 aromatic rings. The van der Waals surface area contributed by atoms with Gasteiger partial charge in [-0.2, -0.15) is 0 Å². The van der Waals surface area contributed by atoms with Crippen molar-refractivity contribution in [3.63, 3.8) is 0 Å². The van der Waals surface area contributed by atoms with E-state index in [4.69, 9.17) is 14.4 Å². The Hall–Kier alpha value is -8.28. The standard InChI is InChI=1S/C56H34N4O/c1-3-13-35(14-4-1)44-34-48(58-56-42(44)20-12-30-57-56)43-19-11-23-54-55(43)47-33-39(26-29-53(47)61-54)60-50-22-10-8-18-41(50)46-32-37(25-28-52(46)60)36-24-27-51-45(31-36)40-17-7-9-21-49(40)59(51)38-15-5-2-6-16-38/h1-34H. The van der Waals surface area contributed by atoms with Crippen molar-refractivity contribution in [1.29, 1.82) is 0 Å². The maximum absolute atomic E-state index is 6.56. The third-order valence-corrected chi connectivity index (χ3v) is 12.4. The SMILES string of the molecule is c1ccc(-c2cc(-c3cccc4oc5ccc(-n6c7ccccc7c7cc(-c8ccc9c(c8)c8ccccc8n9-c8ccccc8)ccc76)cc5c34)nc3ncccc23)cc1. The Morgan fingerprint density at radius 1 is 0.361 bits per heavy atom. The molecule has 0 saturated heterocycles. The van der Waals surface area contributed by atoms with Crippen LogP contribution in [0.3, 0.4) is 0 Å². The van der Waals surface area contributed by atoms with Crippen LogP contribution in [0.25, 0.3) is 121 Å². The molecule has 5 aromatic heterocycles. The minimum Gasteiger partial charge on any atom is -0.456 e. The molecule has 5 heteroatoms. The Balaban J connectivity index is 0.977. The number of nitrogens with zero attached hydrogens (tertiary/aromatic N) is 4. The summed E-state index contributed by atoms with van der Waals surface area (Å²) in [6.07, 6.45) is 1.81. The summed E-state index contributed by atoms with van der Waals surface area (Å²) < 4.78 is 11.3. The van der Waals surface area contributed by atoms with E-state index in [1.54, 1.807) is 0 Å². The van der Waals surface area contributed by atoms with Gasteiger partial charge < -0.3 is 13.6 Å². The van der Waals surface area contributed by atoms with Crippen LogP contribution in [0.1, 0.15) is 0 Å². The predicted octanol–water partition coefficient (Wildman–Crippen LogP) is 14.7. The number of pyridine rings is 2. The van der Waals surface area contributed by atoms with Crippen LogP contribution in [-0.4, -0.2) is 19.1 Å². The number of para-hydroxylation sites is 3. The zero-order chi connectivity index (χ0) is 40.0. The Morgan fingerprint density at radius 3 is 1.70 bits per heavy atom. The number of benzene rings is 8. The Kier molecular flexibility index (Phi) is 7.24. The molecule has 0 bridgehead atoms. The van der Waals surface area contributed by atoms with Gasteiger partial charge in [-0.25, -0.2) is 9.97 Å². The van der Waals surface area contributed by atoms with Gasteiger partial charge in [-0.05, 0) is 113 Å². The van der Waals surface area contributed by atoms with Gasteiger partial charge in [-0.15, -0.1) is 0 Å². The Labute approximate surface area is 350 Å². The smallest absolute Gasteiger partial charge is 0.160 e. The number of hydrogen-bond donors (Lipinski definition) is 0. The van der Waals surface area contributed by atoms with Gasteiger partial charge in [0.2, 0.25) is 0 Å². The predicted molar refractivity (Wildman–Crippen MR) is 252 cm³/mol. The lowest BCUT2D eigenvalue weighted by molar-refractivity contribution is 0.669. The maximum atomic E-state index is 6.56. The third-order valence-electron chi connectivity index (χ3n) is 12.4. The molecule has 13 rings (SSSR count). The summed E-state index contributed by atoms with van der Waals surface area (Å²) in [5.41, 5.74) is 15.8. The van der Waals surface area contributed by atoms with E-state index in [1.165, 1.54) is 43.7 Å². The average molecular weight is 779 g/mol. The minimum absolute atomic E-state index is 0.716. The molecule has 0 aliphatic heterocycles. The zero-order valence-corrected chi connectivity index (χ0v) is 32.8. The molecule has 0 radical (unpaired) electrons. The topological polar surface area (TPSA) is 48.8 Å². The van der Waals surface area contributed by atoms with E-state index >= 15 is 0 Å². The first-order valence-electron chi connectivity index (χ1n) is 20.6. The summed E-state index contributed by atoms with van der Waals surface area (Å²) in [6, 6.07) is 71.4. The monoisotopic (exact) mass is 778 g/mol. The van der Waals surface area contributed by atoms with Crippen LogP contribution in [0.15, 0.2) is 211 Å². The molecule has 61 heavy (non-hydrogen) atoms. The summed E-state index contributed by atoms with van der Waals surface area (Å²) in [5.74, 6) is 0. The molecule has 5 nitrogen and oxygen atoms in total. The number of rotatable bonds is 5. The second-order valence-corrected chi connectivity index (χ2v) is 15.8. The lowest BCUT2D eigenvalue weighted by Gasteiger charge is -2.11. The number of furan rings is 1. The fourth-order valence-corrected chi connectivity index (χ4v) is 9.66. The van der Waals surface area contributed by atoms with Crippen molar-refractivity contribution in [1.82, 2.24) is 19.1 Å². The second kappa shape index (κ2) is 13.1. The van der Waals surface area contributed by atoms with Crippen molar-refractivity contribution in [2.45, 2.75) is 0 Å². The van der Waals surface area contributed by atoms with Crippen molar-refractivity contribution >= 4 is 76.6 Å². The van der Waals surface area contributed by atoms with Crippen molar-refractivity contribution < 1.29 is 4.42 Å². The average Bonchev–Trinajstić information content (AvgIpc) is 3.99. The number of fused-ring (bicyclic) bond motifs is 10. The maximum Gasteiger partial charge on any atom is 0.160 e. The van der Waals surface area contributed by atoms with Gasteiger partial charge in [0.25, 0.3) is 0 Å². The second-order valence-electron chi connectivity index (χ2n) is 15.8. The summed E-state index contributed by atoms with van der Waals surface area (Å²) in [5, 5.41) is 8.00. The van der Waals surface area contributed by atoms with Crippen molar-refractivity contribution in [2.24, 2.45) is 0 Å². The molecular formula is C56H34N4O. The Bertz CT molecular complexity index is 3880. The van der Waals surface area contributed by atoms with Crippen LogP contribution in [0.2, 0.25) is 0 Å². The first-order chi connectivity index (χ1) is 30.2. The summed E-state index contributed by atoms with van der Waals surface area (Å²) in [7, 11) is 0. The summed E-state index contributed by atoms with van der Waals surface area (Å²) >= 11 is 0. The van der Waals surface area contributed by atoms with Gasteiger partial charge in [0.1, 0.15) is 11.2 Å². The van der Waals surface area contributed by atoms with Gasteiger partial charge in [0, 0.05) is 60.8 Å². The highest BCUT2D eigenvalue weighted by molar-refractivity contribution is 6.15. The van der Waals surface area contributed by atoms with Crippen LogP contribution in [0.4, 0.5) is 0 Å². The zero-order valence-electron chi connectivity index (χ0n) is 32.8. The van der Waals surface area contributed by atoms with E-state index in [1.807, 2.05) is 18.3 Å². The molecule has 0 unspecified atom stereocenters. The summed E-state index contributed by atoms with van der Waals surface area (Å²) in [6.45, 7) is 0. The number of aromatic nitrogens is 4. The molecule has 0 fully saturated rings. The van der Waals surface area contributed by atoms with Gasteiger partial charge >= 0.3 is 0 Å². The van der Waals surface area contributed by atoms with E-state index in [0.717, 1.165) is 72.1 Å². The van der Waals surface area contributed by atoms with Crippen LogP contribution in [0.5, 0.6) is 0 Å². The highest BCUT2D eigenvalue weighted by Crippen LogP contribution is 2.42. The molecule has 0 saturated carbocycles. The summed E-state index contributed by atoms with van der Waals surface area (Å²) in [4.78, 5) is 9.86. The highest BCUT2D eigenvalue weighted by atomic mass is 16.3. The van der Waals surface area contributed by atoms with Crippen molar-refractivity contribution in [3.8, 4) is 44.9 Å².